The first-order valence-corrected chi connectivity index (χ1v) is 13.9. The smallest absolute Gasteiger partial charge is 0.300 e. The van der Waals surface area contributed by atoms with E-state index in [1.165, 1.54) is 0 Å². The average molecular weight is 295 g/mol. The molecule has 4 nitrogen and oxygen atoms in total. The first kappa shape index (κ1) is 15.5. The second-order valence-electron chi connectivity index (χ2n) is 4.97. The lowest BCUT2D eigenvalue weighted by Crippen LogP contribution is -2.32. The van der Waals surface area contributed by atoms with Crippen LogP contribution in [0.15, 0.2) is 0 Å². The highest BCUT2D eigenvalue weighted by molar-refractivity contribution is 6.67. The van der Waals surface area contributed by atoms with Crippen LogP contribution in [0.5, 0.6) is 0 Å². The fourth-order valence-corrected chi connectivity index (χ4v) is 8.79. The fraction of sp³-hybridized carbons (Fsp3) is 1.00. The summed E-state index contributed by atoms with van der Waals surface area (Å²) in [6.07, 6.45) is 1.44. The number of ether oxygens (including phenoxy) is 2. The van der Waals surface area contributed by atoms with Gasteiger partial charge in [-0.25, -0.2) is 0 Å². The first-order valence-electron chi connectivity index (χ1n) is 6.58. The minimum absolute atomic E-state index is 0.377. The van der Waals surface area contributed by atoms with Gasteiger partial charge >= 0.3 is 9.28 Å². The molecule has 1 rings (SSSR count). The van der Waals surface area contributed by atoms with Crippen molar-refractivity contribution in [3.63, 3.8) is 0 Å². The standard InChI is InChI=1S/C10H26O4Si3/c1-15(2)13-17(14-16(3)4)7-5-6-11-8-10-9-12-10/h10,15-17H,5-9H2,1-4H3. The van der Waals surface area contributed by atoms with Gasteiger partial charge in [-0.05, 0) is 38.7 Å². The summed E-state index contributed by atoms with van der Waals surface area (Å²) in [5.74, 6) is 0. The van der Waals surface area contributed by atoms with Crippen molar-refractivity contribution in [3.8, 4) is 0 Å². The normalized spacial score (nSPS) is 19.6. The van der Waals surface area contributed by atoms with Crippen molar-refractivity contribution in [1.82, 2.24) is 0 Å². The largest absolute Gasteiger partial charge is 0.441 e. The summed E-state index contributed by atoms with van der Waals surface area (Å²) in [7, 11) is -3.30. The maximum absolute atomic E-state index is 6.01. The second-order valence-corrected chi connectivity index (χ2v) is 12.8. The predicted molar refractivity (Wildman–Crippen MR) is 77.1 cm³/mol. The van der Waals surface area contributed by atoms with Gasteiger partial charge in [-0.1, -0.05) is 0 Å². The van der Waals surface area contributed by atoms with Gasteiger partial charge in [0.25, 0.3) is 0 Å². The van der Waals surface area contributed by atoms with E-state index in [1.54, 1.807) is 0 Å². The van der Waals surface area contributed by atoms with E-state index in [0.717, 1.165) is 32.3 Å². The third-order valence-electron chi connectivity index (χ3n) is 2.28. The van der Waals surface area contributed by atoms with Gasteiger partial charge in [0.1, 0.15) is 6.10 Å². The molecule has 0 aromatic heterocycles. The van der Waals surface area contributed by atoms with Crippen LogP contribution in [0.25, 0.3) is 0 Å². The topological polar surface area (TPSA) is 40.2 Å². The van der Waals surface area contributed by atoms with Gasteiger partial charge < -0.3 is 17.7 Å². The van der Waals surface area contributed by atoms with Crippen molar-refractivity contribution in [2.24, 2.45) is 0 Å². The molecule has 1 heterocycles. The molecule has 0 spiro atoms. The lowest BCUT2D eigenvalue weighted by Gasteiger charge is -2.21. The van der Waals surface area contributed by atoms with Crippen LogP contribution < -0.4 is 0 Å². The molecule has 0 amide bonds. The van der Waals surface area contributed by atoms with Crippen LogP contribution in [0.1, 0.15) is 6.42 Å². The van der Waals surface area contributed by atoms with Crippen molar-refractivity contribution >= 4 is 27.4 Å². The Kier molecular flexibility index (Phi) is 7.84. The molecule has 0 saturated carbocycles. The zero-order chi connectivity index (χ0) is 12.7. The van der Waals surface area contributed by atoms with E-state index in [-0.39, 0.29) is 0 Å². The summed E-state index contributed by atoms with van der Waals surface area (Å²) in [4.78, 5) is 0. The summed E-state index contributed by atoms with van der Waals surface area (Å²) in [5.41, 5.74) is 0. The molecule has 0 aromatic carbocycles. The Morgan fingerprint density at radius 2 is 1.71 bits per heavy atom. The summed E-state index contributed by atoms with van der Waals surface area (Å²) < 4.78 is 22.6. The molecule has 1 saturated heterocycles. The van der Waals surface area contributed by atoms with E-state index in [0.29, 0.717) is 6.10 Å². The molecule has 1 aliphatic rings. The molecule has 1 aliphatic heterocycles. The average Bonchev–Trinajstić information content (AvgIpc) is 2.98. The molecule has 0 N–H and O–H groups in total. The molecular weight excluding hydrogens is 268 g/mol. The van der Waals surface area contributed by atoms with Gasteiger partial charge in [-0.2, -0.15) is 0 Å². The lowest BCUT2D eigenvalue weighted by molar-refractivity contribution is 0.116. The molecule has 0 aromatic rings. The van der Waals surface area contributed by atoms with Gasteiger partial charge in [-0.3, -0.25) is 0 Å². The van der Waals surface area contributed by atoms with Crippen LogP contribution in [-0.2, 0) is 17.7 Å². The third kappa shape index (κ3) is 9.12. The van der Waals surface area contributed by atoms with Gasteiger partial charge in [0.15, 0.2) is 18.1 Å². The molecule has 0 bridgehead atoms. The minimum Gasteiger partial charge on any atom is -0.441 e. The monoisotopic (exact) mass is 294 g/mol. The Morgan fingerprint density at radius 3 is 2.18 bits per heavy atom. The molecule has 0 radical (unpaired) electrons. The lowest BCUT2D eigenvalue weighted by atomic mass is 10.5. The van der Waals surface area contributed by atoms with Gasteiger partial charge in [0.2, 0.25) is 0 Å². The number of hydrogen-bond acceptors (Lipinski definition) is 4. The Hall–Kier alpha value is 0.491. The van der Waals surface area contributed by atoms with Crippen molar-refractivity contribution in [3.05, 3.63) is 0 Å². The van der Waals surface area contributed by atoms with E-state index in [2.05, 4.69) is 26.2 Å². The molecule has 1 unspecified atom stereocenters. The van der Waals surface area contributed by atoms with E-state index in [9.17, 15) is 0 Å². The second kappa shape index (κ2) is 8.57. The van der Waals surface area contributed by atoms with E-state index < -0.39 is 27.4 Å². The number of rotatable bonds is 10. The summed E-state index contributed by atoms with van der Waals surface area (Å²) >= 11 is 0. The predicted octanol–water partition coefficient (Wildman–Crippen LogP) is 1.01. The van der Waals surface area contributed by atoms with Gasteiger partial charge in [0, 0.05) is 6.61 Å². The Labute approximate surface area is 110 Å². The maximum Gasteiger partial charge on any atom is 0.300 e. The Balaban J connectivity index is 2.04. The van der Waals surface area contributed by atoms with Crippen LogP contribution in [0.4, 0.5) is 0 Å². The summed E-state index contributed by atoms with van der Waals surface area (Å²) in [5, 5.41) is 0. The Bertz CT molecular complexity index is 190. The zero-order valence-corrected chi connectivity index (χ0v) is 14.9. The van der Waals surface area contributed by atoms with Crippen molar-refractivity contribution < 1.29 is 17.7 Å². The highest BCUT2D eigenvalue weighted by atomic mass is 28.4. The van der Waals surface area contributed by atoms with Crippen molar-refractivity contribution in [1.29, 1.82) is 0 Å². The SMILES string of the molecule is C[SiH](C)O[SiH](CCCOCC1CO1)O[SiH](C)C. The number of hydrogen-bond donors (Lipinski definition) is 0. The highest BCUT2D eigenvalue weighted by Crippen LogP contribution is 2.10. The van der Waals surface area contributed by atoms with E-state index >= 15 is 0 Å². The maximum atomic E-state index is 6.01. The van der Waals surface area contributed by atoms with E-state index in [4.69, 9.17) is 17.7 Å². The van der Waals surface area contributed by atoms with Crippen LogP contribution in [0.2, 0.25) is 32.2 Å². The van der Waals surface area contributed by atoms with Crippen LogP contribution in [0.3, 0.4) is 0 Å². The first-order chi connectivity index (χ1) is 8.08. The molecule has 7 heteroatoms. The molecule has 102 valence electrons. The highest BCUT2D eigenvalue weighted by Gasteiger charge is 2.22. The van der Waals surface area contributed by atoms with Crippen molar-refractivity contribution in [2.45, 2.75) is 44.8 Å². The molecular formula is C10H26O4Si3. The quantitative estimate of drug-likeness (QED) is 0.342. The van der Waals surface area contributed by atoms with Crippen LogP contribution >= 0.6 is 0 Å². The third-order valence-corrected chi connectivity index (χ3v) is 9.95. The molecule has 1 fully saturated rings. The van der Waals surface area contributed by atoms with Crippen molar-refractivity contribution in [2.75, 3.05) is 19.8 Å². The summed E-state index contributed by atoms with van der Waals surface area (Å²) in [6.45, 7) is 11.3. The van der Waals surface area contributed by atoms with E-state index in [1.807, 2.05) is 0 Å². The molecule has 0 aliphatic carbocycles. The van der Waals surface area contributed by atoms with Crippen LogP contribution in [-0.4, -0.2) is 53.3 Å². The minimum atomic E-state index is -1.39. The zero-order valence-electron chi connectivity index (χ0n) is 11.5. The fourth-order valence-electron chi connectivity index (χ4n) is 1.51. The van der Waals surface area contributed by atoms with Gasteiger partial charge in [-0.15, -0.1) is 0 Å². The summed E-state index contributed by atoms with van der Waals surface area (Å²) in [6, 6.07) is 1.09. The molecule has 1 atom stereocenters. The van der Waals surface area contributed by atoms with Crippen LogP contribution in [0, 0.1) is 0 Å². The number of epoxide rings is 1. The van der Waals surface area contributed by atoms with Gasteiger partial charge in [0.05, 0.1) is 13.2 Å². The molecule has 17 heavy (non-hydrogen) atoms. The Morgan fingerprint density at radius 1 is 1.12 bits per heavy atom.